The second-order valence-electron chi connectivity index (χ2n) is 4.16. The van der Waals surface area contributed by atoms with Crippen LogP contribution >= 0.6 is 0 Å². The van der Waals surface area contributed by atoms with Gasteiger partial charge in [-0.2, -0.15) is 0 Å². The van der Waals surface area contributed by atoms with Gasteiger partial charge in [-0.3, -0.25) is 0 Å². The second-order valence-corrected chi connectivity index (χ2v) is 4.16. The standard InChI is InChI=1S/C10H17F/c11-10-7-3-5-8-4-1-2-6-9(8)10/h8-10H,1-7H2/t8-,9-,10+/m0/s1. The van der Waals surface area contributed by atoms with E-state index in [1.807, 2.05) is 0 Å². The van der Waals surface area contributed by atoms with E-state index in [4.69, 9.17) is 0 Å². The van der Waals surface area contributed by atoms with Crippen LogP contribution in [-0.4, -0.2) is 6.17 Å². The number of alkyl halides is 1. The normalized spacial score (nSPS) is 45.0. The first-order valence-electron chi connectivity index (χ1n) is 5.02. The molecule has 0 aromatic heterocycles. The lowest BCUT2D eigenvalue weighted by atomic mass is 9.70. The van der Waals surface area contributed by atoms with E-state index in [0.717, 1.165) is 18.8 Å². The average Bonchev–Trinajstić information content (AvgIpc) is 2.06. The summed E-state index contributed by atoms with van der Waals surface area (Å²) in [7, 11) is 0. The van der Waals surface area contributed by atoms with E-state index in [9.17, 15) is 4.39 Å². The first-order chi connectivity index (χ1) is 5.38. The maximum absolute atomic E-state index is 13.3. The molecule has 2 rings (SSSR count). The summed E-state index contributed by atoms with van der Waals surface area (Å²) in [5.41, 5.74) is 0. The highest BCUT2D eigenvalue weighted by atomic mass is 19.1. The van der Waals surface area contributed by atoms with Crippen molar-refractivity contribution in [1.29, 1.82) is 0 Å². The topological polar surface area (TPSA) is 0 Å². The fourth-order valence-electron chi connectivity index (χ4n) is 2.86. The smallest absolute Gasteiger partial charge is 0.103 e. The van der Waals surface area contributed by atoms with E-state index < -0.39 is 6.17 Å². The van der Waals surface area contributed by atoms with Crippen molar-refractivity contribution in [2.45, 2.75) is 51.1 Å². The molecule has 0 radical (unpaired) electrons. The van der Waals surface area contributed by atoms with Crippen LogP contribution in [0.5, 0.6) is 0 Å². The Kier molecular flexibility index (Phi) is 2.15. The third kappa shape index (κ3) is 1.43. The molecule has 2 fully saturated rings. The van der Waals surface area contributed by atoms with Gasteiger partial charge in [0.25, 0.3) is 0 Å². The predicted molar refractivity (Wildman–Crippen MR) is 44.2 cm³/mol. The SMILES string of the molecule is F[C@@H]1CCC[C@@H]2CCCC[C@@H]21. The van der Waals surface area contributed by atoms with Gasteiger partial charge in [0.2, 0.25) is 0 Å². The minimum absolute atomic E-state index is 0.450. The van der Waals surface area contributed by atoms with Crippen LogP contribution in [0.25, 0.3) is 0 Å². The highest BCUT2D eigenvalue weighted by molar-refractivity contribution is 4.84. The minimum Gasteiger partial charge on any atom is -0.247 e. The van der Waals surface area contributed by atoms with Crippen molar-refractivity contribution in [1.82, 2.24) is 0 Å². The summed E-state index contributed by atoms with van der Waals surface area (Å²) in [5.74, 6) is 1.21. The highest BCUT2D eigenvalue weighted by Crippen LogP contribution is 2.41. The van der Waals surface area contributed by atoms with Crippen LogP contribution in [-0.2, 0) is 0 Å². The second kappa shape index (κ2) is 3.12. The zero-order chi connectivity index (χ0) is 7.68. The molecule has 1 heteroatoms. The molecular weight excluding hydrogens is 139 g/mol. The Bertz CT molecular complexity index is 131. The van der Waals surface area contributed by atoms with Crippen molar-refractivity contribution in [3.05, 3.63) is 0 Å². The Labute approximate surface area is 68.2 Å². The van der Waals surface area contributed by atoms with Crippen LogP contribution in [0.2, 0.25) is 0 Å². The fraction of sp³-hybridized carbons (Fsp3) is 1.00. The van der Waals surface area contributed by atoms with Crippen LogP contribution < -0.4 is 0 Å². The van der Waals surface area contributed by atoms with Crippen molar-refractivity contribution in [3.63, 3.8) is 0 Å². The van der Waals surface area contributed by atoms with Gasteiger partial charge in [0.05, 0.1) is 0 Å². The van der Waals surface area contributed by atoms with Gasteiger partial charge in [0.1, 0.15) is 6.17 Å². The van der Waals surface area contributed by atoms with Crippen molar-refractivity contribution >= 4 is 0 Å². The van der Waals surface area contributed by atoms with Crippen LogP contribution in [0, 0.1) is 11.8 Å². The Morgan fingerprint density at radius 3 is 2.36 bits per heavy atom. The van der Waals surface area contributed by atoms with Gasteiger partial charge in [0.15, 0.2) is 0 Å². The van der Waals surface area contributed by atoms with Crippen molar-refractivity contribution < 1.29 is 4.39 Å². The van der Waals surface area contributed by atoms with E-state index >= 15 is 0 Å². The lowest BCUT2D eigenvalue weighted by Gasteiger charge is -2.37. The highest BCUT2D eigenvalue weighted by Gasteiger charge is 2.34. The van der Waals surface area contributed by atoms with Gasteiger partial charge in [-0.05, 0) is 31.1 Å². The van der Waals surface area contributed by atoms with Crippen LogP contribution in [0.1, 0.15) is 44.9 Å². The molecule has 0 aromatic rings. The molecule has 11 heavy (non-hydrogen) atoms. The number of fused-ring (bicyclic) bond motifs is 1. The zero-order valence-corrected chi connectivity index (χ0v) is 7.06. The quantitative estimate of drug-likeness (QED) is 0.504. The fourth-order valence-corrected chi connectivity index (χ4v) is 2.86. The first-order valence-corrected chi connectivity index (χ1v) is 5.02. The molecule has 0 heterocycles. The molecule has 0 spiro atoms. The summed E-state index contributed by atoms with van der Waals surface area (Å²) >= 11 is 0. The number of halogens is 1. The lowest BCUT2D eigenvalue weighted by Crippen LogP contribution is -2.31. The zero-order valence-electron chi connectivity index (χ0n) is 7.06. The van der Waals surface area contributed by atoms with Gasteiger partial charge < -0.3 is 0 Å². The van der Waals surface area contributed by atoms with Gasteiger partial charge in [0, 0.05) is 0 Å². The monoisotopic (exact) mass is 156 g/mol. The van der Waals surface area contributed by atoms with Crippen molar-refractivity contribution in [3.8, 4) is 0 Å². The largest absolute Gasteiger partial charge is 0.247 e. The van der Waals surface area contributed by atoms with E-state index in [0.29, 0.717) is 5.92 Å². The van der Waals surface area contributed by atoms with Crippen LogP contribution in [0.3, 0.4) is 0 Å². The average molecular weight is 156 g/mol. The van der Waals surface area contributed by atoms with Crippen molar-refractivity contribution in [2.75, 3.05) is 0 Å². The Morgan fingerprint density at radius 1 is 0.818 bits per heavy atom. The molecule has 0 saturated heterocycles. The summed E-state index contributed by atoms with van der Waals surface area (Å²) in [5, 5.41) is 0. The molecule has 0 N–H and O–H groups in total. The minimum atomic E-state index is -0.450. The molecule has 0 bridgehead atoms. The maximum Gasteiger partial charge on any atom is 0.103 e. The molecule has 0 nitrogen and oxygen atoms in total. The van der Waals surface area contributed by atoms with E-state index in [1.54, 1.807) is 0 Å². The van der Waals surface area contributed by atoms with Gasteiger partial charge in [-0.25, -0.2) is 4.39 Å². The van der Waals surface area contributed by atoms with Gasteiger partial charge in [-0.1, -0.05) is 25.7 Å². The number of hydrogen-bond donors (Lipinski definition) is 0. The summed E-state index contributed by atoms with van der Waals surface area (Å²) in [6.45, 7) is 0. The molecule has 0 amide bonds. The van der Waals surface area contributed by atoms with E-state index in [-0.39, 0.29) is 0 Å². The molecule has 0 aromatic carbocycles. The van der Waals surface area contributed by atoms with Gasteiger partial charge >= 0.3 is 0 Å². The molecule has 2 saturated carbocycles. The van der Waals surface area contributed by atoms with E-state index in [2.05, 4.69) is 0 Å². The Hall–Kier alpha value is -0.0700. The third-order valence-corrected chi connectivity index (χ3v) is 3.49. The first kappa shape index (κ1) is 7.57. The maximum atomic E-state index is 13.3. The number of hydrogen-bond acceptors (Lipinski definition) is 0. The molecule has 3 atom stereocenters. The Morgan fingerprint density at radius 2 is 1.55 bits per heavy atom. The third-order valence-electron chi connectivity index (χ3n) is 3.49. The van der Waals surface area contributed by atoms with Crippen LogP contribution in [0.4, 0.5) is 4.39 Å². The van der Waals surface area contributed by atoms with Gasteiger partial charge in [-0.15, -0.1) is 0 Å². The summed E-state index contributed by atoms with van der Waals surface area (Å²) in [6, 6.07) is 0. The molecular formula is C10H17F. The summed E-state index contributed by atoms with van der Waals surface area (Å²) in [6.07, 6.45) is 7.97. The predicted octanol–water partition coefficient (Wildman–Crippen LogP) is 3.31. The molecule has 0 unspecified atom stereocenters. The summed E-state index contributed by atoms with van der Waals surface area (Å²) < 4.78 is 13.3. The van der Waals surface area contributed by atoms with Crippen molar-refractivity contribution in [2.24, 2.45) is 11.8 Å². The molecule has 64 valence electrons. The molecule has 2 aliphatic rings. The molecule has 0 aliphatic heterocycles. The molecule has 2 aliphatic carbocycles. The Balaban J connectivity index is 1.99. The lowest BCUT2D eigenvalue weighted by molar-refractivity contribution is 0.0717. The number of rotatable bonds is 0. The van der Waals surface area contributed by atoms with E-state index in [1.165, 1.54) is 32.1 Å². The van der Waals surface area contributed by atoms with Crippen LogP contribution in [0.15, 0.2) is 0 Å². The summed E-state index contributed by atoms with van der Waals surface area (Å²) in [4.78, 5) is 0.